The van der Waals surface area contributed by atoms with Gasteiger partial charge in [0.25, 0.3) is 0 Å². The third-order valence-electron chi connectivity index (χ3n) is 4.88. The number of alkyl halides is 3. The minimum Gasteiger partial charge on any atom is -0.388 e. The lowest BCUT2D eigenvalue weighted by atomic mass is 10.0. The second kappa shape index (κ2) is 8.55. The third kappa shape index (κ3) is 4.40. The zero-order valence-electron chi connectivity index (χ0n) is 17.5. The molecule has 0 saturated heterocycles. The van der Waals surface area contributed by atoms with Crippen molar-refractivity contribution < 1.29 is 18.3 Å². The summed E-state index contributed by atoms with van der Waals surface area (Å²) in [5.41, 5.74) is 2.10. The molecule has 0 bridgehead atoms. The topological polar surface area (TPSA) is 70.9 Å². The summed E-state index contributed by atoms with van der Waals surface area (Å²) in [6.07, 6.45) is -3.20. The molecule has 0 spiro atoms. The molecule has 164 valence electrons. The number of benzene rings is 2. The first-order valence-corrected chi connectivity index (χ1v) is 10.1. The van der Waals surface area contributed by atoms with Crippen LogP contribution in [0.15, 0.2) is 60.8 Å². The summed E-state index contributed by atoms with van der Waals surface area (Å²) in [6.45, 7) is 3.70. The van der Waals surface area contributed by atoms with Gasteiger partial charge in [0.1, 0.15) is 6.61 Å². The predicted molar refractivity (Wildman–Crippen MR) is 118 cm³/mol. The Morgan fingerprint density at radius 1 is 0.938 bits per heavy atom. The van der Waals surface area contributed by atoms with Crippen LogP contribution in [0.4, 0.5) is 18.9 Å². The summed E-state index contributed by atoms with van der Waals surface area (Å²) in [6, 6.07) is 15.0. The maximum atomic E-state index is 13.5. The van der Waals surface area contributed by atoms with Crippen molar-refractivity contribution in [1.29, 1.82) is 0 Å². The first kappa shape index (κ1) is 21.7. The van der Waals surface area contributed by atoms with E-state index in [0.717, 1.165) is 17.3 Å². The van der Waals surface area contributed by atoms with Crippen LogP contribution in [0.1, 0.15) is 25.2 Å². The number of aromatic nitrogens is 3. The maximum Gasteiger partial charge on any atom is 0.418 e. The summed E-state index contributed by atoms with van der Waals surface area (Å²) in [4.78, 5) is 12.8. The highest BCUT2D eigenvalue weighted by atomic mass is 19.4. The van der Waals surface area contributed by atoms with E-state index in [4.69, 9.17) is 0 Å². The van der Waals surface area contributed by atoms with Gasteiger partial charge in [-0.3, -0.25) is 4.98 Å². The lowest BCUT2D eigenvalue weighted by Crippen LogP contribution is -2.09. The van der Waals surface area contributed by atoms with Gasteiger partial charge in [-0.05, 0) is 50.2 Å². The van der Waals surface area contributed by atoms with Crippen LogP contribution in [0.25, 0.3) is 33.4 Å². The molecule has 0 aliphatic carbocycles. The average Bonchev–Trinajstić information content (AvgIpc) is 2.77. The lowest BCUT2D eigenvalue weighted by Gasteiger charge is -2.14. The van der Waals surface area contributed by atoms with Crippen molar-refractivity contribution in [3.05, 3.63) is 72.2 Å². The predicted octanol–water partition coefficient (Wildman–Crippen LogP) is 5.69. The highest BCUT2D eigenvalue weighted by molar-refractivity contribution is 5.94. The summed E-state index contributed by atoms with van der Waals surface area (Å²) in [5.74, 6) is 0.186. The van der Waals surface area contributed by atoms with Crippen LogP contribution >= 0.6 is 0 Å². The molecule has 8 heteroatoms. The standard InChI is InChI=1S/C24H21F3N4O/c1-14(2)29-17-8-5-15(6-9-17)22-18-10-7-16(12-20(18)30-21(13-32)31-22)23-19(24(25,26)27)4-3-11-28-23/h3-12,14,29,32H,13H2,1-2H3. The van der Waals surface area contributed by atoms with E-state index in [1.165, 1.54) is 12.3 Å². The number of aliphatic hydroxyl groups is 1. The van der Waals surface area contributed by atoms with Gasteiger partial charge in [0.15, 0.2) is 5.82 Å². The van der Waals surface area contributed by atoms with E-state index in [0.29, 0.717) is 16.6 Å². The number of nitrogens with one attached hydrogen (secondary N) is 1. The number of fused-ring (bicyclic) bond motifs is 1. The molecule has 0 atom stereocenters. The molecule has 0 aliphatic rings. The van der Waals surface area contributed by atoms with Crippen LogP contribution in [0.2, 0.25) is 0 Å². The molecule has 2 N–H and O–H groups in total. The Hall–Kier alpha value is -3.52. The fourth-order valence-electron chi connectivity index (χ4n) is 3.54. The second-order valence-corrected chi connectivity index (χ2v) is 7.65. The smallest absolute Gasteiger partial charge is 0.388 e. The number of hydrogen-bond acceptors (Lipinski definition) is 5. The van der Waals surface area contributed by atoms with Crippen molar-refractivity contribution in [3.63, 3.8) is 0 Å². The number of nitrogens with zero attached hydrogens (tertiary/aromatic N) is 3. The number of hydrogen-bond donors (Lipinski definition) is 2. The number of pyridine rings is 1. The highest BCUT2D eigenvalue weighted by Crippen LogP contribution is 2.37. The van der Waals surface area contributed by atoms with Crippen molar-refractivity contribution in [2.24, 2.45) is 0 Å². The zero-order chi connectivity index (χ0) is 22.9. The lowest BCUT2D eigenvalue weighted by molar-refractivity contribution is -0.137. The van der Waals surface area contributed by atoms with Crippen LogP contribution in [0.5, 0.6) is 0 Å². The number of halogens is 3. The fourth-order valence-corrected chi connectivity index (χ4v) is 3.54. The van der Waals surface area contributed by atoms with E-state index in [2.05, 4.69) is 20.3 Å². The molecule has 0 fully saturated rings. The molecule has 0 unspecified atom stereocenters. The number of aliphatic hydroxyl groups excluding tert-OH is 1. The fraction of sp³-hybridized carbons (Fsp3) is 0.208. The first-order chi connectivity index (χ1) is 15.3. The van der Waals surface area contributed by atoms with Crippen molar-refractivity contribution in [1.82, 2.24) is 15.0 Å². The molecule has 4 aromatic rings. The Morgan fingerprint density at radius 2 is 1.66 bits per heavy atom. The van der Waals surface area contributed by atoms with E-state index in [9.17, 15) is 18.3 Å². The Bertz CT molecular complexity index is 1250. The van der Waals surface area contributed by atoms with Crippen molar-refractivity contribution in [3.8, 4) is 22.5 Å². The SMILES string of the molecule is CC(C)Nc1ccc(-c2nc(CO)nc3cc(-c4ncccc4C(F)(F)F)ccc23)cc1. The summed E-state index contributed by atoms with van der Waals surface area (Å²) in [5, 5.41) is 13.6. The van der Waals surface area contributed by atoms with Gasteiger partial charge in [-0.25, -0.2) is 9.97 Å². The minimum atomic E-state index is -4.53. The summed E-state index contributed by atoms with van der Waals surface area (Å²) < 4.78 is 40.4. The second-order valence-electron chi connectivity index (χ2n) is 7.65. The van der Waals surface area contributed by atoms with Gasteiger partial charge in [-0.15, -0.1) is 0 Å². The van der Waals surface area contributed by atoms with Gasteiger partial charge in [-0.2, -0.15) is 13.2 Å². The number of rotatable bonds is 5. The van der Waals surface area contributed by atoms with Crippen LogP contribution in [-0.2, 0) is 12.8 Å². The van der Waals surface area contributed by atoms with E-state index in [1.54, 1.807) is 18.2 Å². The molecule has 0 saturated carbocycles. The van der Waals surface area contributed by atoms with Crippen LogP contribution in [0.3, 0.4) is 0 Å². The van der Waals surface area contributed by atoms with Crippen molar-refractivity contribution in [2.75, 3.05) is 5.32 Å². The molecular weight excluding hydrogens is 417 g/mol. The Labute approximate surface area is 183 Å². The average molecular weight is 438 g/mol. The summed E-state index contributed by atoms with van der Waals surface area (Å²) >= 11 is 0. The maximum absolute atomic E-state index is 13.5. The Balaban J connectivity index is 1.84. The van der Waals surface area contributed by atoms with Gasteiger partial charge in [-0.1, -0.05) is 18.2 Å². The molecule has 5 nitrogen and oxygen atoms in total. The van der Waals surface area contributed by atoms with Gasteiger partial charge < -0.3 is 10.4 Å². The molecule has 32 heavy (non-hydrogen) atoms. The van der Waals surface area contributed by atoms with Gasteiger partial charge >= 0.3 is 6.18 Å². The summed E-state index contributed by atoms with van der Waals surface area (Å²) in [7, 11) is 0. The Morgan fingerprint density at radius 3 is 2.31 bits per heavy atom. The quantitative estimate of drug-likeness (QED) is 0.419. The van der Waals surface area contributed by atoms with Crippen molar-refractivity contribution >= 4 is 16.6 Å². The van der Waals surface area contributed by atoms with E-state index in [1.807, 2.05) is 38.1 Å². The van der Waals surface area contributed by atoms with Crippen LogP contribution < -0.4 is 5.32 Å². The van der Waals surface area contributed by atoms with E-state index >= 15 is 0 Å². The monoisotopic (exact) mass is 438 g/mol. The van der Waals surface area contributed by atoms with Gasteiger partial charge in [0.2, 0.25) is 0 Å². The van der Waals surface area contributed by atoms with E-state index < -0.39 is 18.3 Å². The zero-order valence-corrected chi connectivity index (χ0v) is 17.5. The molecular formula is C24H21F3N4O. The van der Waals surface area contributed by atoms with Crippen LogP contribution in [-0.4, -0.2) is 26.1 Å². The van der Waals surface area contributed by atoms with Crippen LogP contribution in [0, 0.1) is 0 Å². The number of anilines is 1. The van der Waals surface area contributed by atoms with E-state index in [-0.39, 0.29) is 23.1 Å². The largest absolute Gasteiger partial charge is 0.418 e. The molecule has 2 aromatic carbocycles. The normalized spacial score (nSPS) is 11.8. The van der Waals surface area contributed by atoms with Gasteiger partial charge in [0.05, 0.1) is 22.5 Å². The molecule has 4 rings (SSSR count). The first-order valence-electron chi connectivity index (χ1n) is 10.1. The molecule has 2 aromatic heterocycles. The highest BCUT2D eigenvalue weighted by Gasteiger charge is 2.34. The molecule has 0 amide bonds. The third-order valence-corrected chi connectivity index (χ3v) is 4.88. The molecule has 2 heterocycles. The van der Waals surface area contributed by atoms with Gasteiger partial charge in [0, 0.05) is 34.4 Å². The van der Waals surface area contributed by atoms with Crippen molar-refractivity contribution in [2.45, 2.75) is 32.7 Å². The minimum absolute atomic E-state index is 0.170. The Kier molecular flexibility index (Phi) is 5.80. The molecule has 0 radical (unpaired) electrons. The molecule has 0 aliphatic heterocycles.